The molecule has 6 aromatic rings. The van der Waals surface area contributed by atoms with E-state index in [2.05, 4.69) is 15.2 Å². The predicted octanol–water partition coefficient (Wildman–Crippen LogP) is 5.88. The number of benzene rings is 3. The third-order valence-electron chi connectivity index (χ3n) is 5.89. The summed E-state index contributed by atoms with van der Waals surface area (Å²) in [5, 5.41) is 7.96. The first-order valence-corrected chi connectivity index (χ1v) is 10.8. The Bertz CT molecular complexity index is 1820. The van der Waals surface area contributed by atoms with Crippen LogP contribution in [0.3, 0.4) is 0 Å². The monoisotopic (exact) mass is 489 g/mol. The first kappa shape index (κ1) is 21.8. The third kappa shape index (κ3) is 3.46. The van der Waals surface area contributed by atoms with E-state index < -0.39 is 23.1 Å². The van der Waals surface area contributed by atoms with E-state index in [1.165, 1.54) is 36.5 Å². The normalized spacial score (nSPS) is 12.0. The number of aromatic amines is 1. The summed E-state index contributed by atoms with van der Waals surface area (Å²) in [4.78, 5) is 18.2. The molecule has 0 aliphatic carbocycles. The standard InChI is InChI=1S/C26H15F4N5O/c27-17-8-5-11-19(13-17)35-25(36)21-22(15-6-4-7-16(12-15)26(28,29)30)32-24-20(23(21)33-35)14-31-34(24)18-9-2-1-3-10-18/h1-14,33H. The maximum atomic E-state index is 13.9. The minimum atomic E-state index is -4.58. The molecule has 0 unspecified atom stereocenters. The van der Waals surface area contributed by atoms with Gasteiger partial charge in [-0.05, 0) is 42.5 Å². The van der Waals surface area contributed by atoms with Crippen molar-refractivity contribution in [1.82, 2.24) is 24.5 Å². The molecule has 10 heteroatoms. The van der Waals surface area contributed by atoms with Crippen molar-refractivity contribution in [3.05, 3.63) is 107 Å². The number of hydrogen-bond donors (Lipinski definition) is 1. The van der Waals surface area contributed by atoms with Gasteiger partial charge in [0, 0.05) is 5.56 Å². The quantitative estimate of drug-likeness (QED) is 0.316. The number of pyridine rings is 1. The van der Waals surface area contributed by atoms with Gasteiger partial charge < -0.3 is 0 Å². The van der Waals surface area contributed by atoms with Crippen LogP contribution in [0, 0.1) is 5.82 Å². The van der Waals surface area contributed by atoms with Crippen molar-refractivity contribution in [3.8, 4) is 22.6 Å². The Morgan fingerprint density at radius 3 is 2.36 bits per heavy atom. The molecule has 0 atom stereocenters. The Kier molecular flexibility index (Phi) is 4.78. The fourth-order valence-corrected chi connectivity index (χ4v) is 4.25. The molecular formula is C26H15F4N5O. The minimum Gasteiger partial charge on any atom is -0.289 e. The van der Waals surface area contributed by atoms with Crippen LogP contribution in [-0.4, -0.2) is 24.5 Å². The highest BCUT2D eigenvalue weighted by atomic mass is 19.4. The van der Waals surface area contributed by atoms with Crippen molar-refractivity contribution in [2.24, 2.45) is 0 Å². The van der Waals surface area contributed by atoms with Crippen LogP contribution in [0.4, 0.5) is 17.6 Å². The van der Waals surface area contributed by atoms with Crippen LogP contribution in [0.15, 0.2) is 89.9 Å². The highest BCUT2D eigenvalue weighted by Crippen LogP contribution is 2.35. The molecule has 0 aliphatic rings. The summed E-state index contributed by atoms with van der Waals surface area (Å²) < 4.78 is 57.1. The van der Waals surface area contributed by atoms with Crippen molar-refractivity contribution >= 4 is 21.9 Å². The van der Waals surface area contributed by atoms with E-state index in [-0.39, 0.29) is 22.3 Å². The highest BCUT2D eigenvalue weighted by molar-refractivity contribution is 6.08. The summed E-state index contributed by atoms with van der Waals surface area (Å²) in [6.07, 6.45) is -3.05. The Labute approximate surface area is 200 Å². The van der Waals surface area contributed by atoms with E-state index in [0.717, 1.165) is 16.8 Å². The summed E-state index contributed by atoms with van der Waals surface area (Å²) in [6, 6.07) is 19.2. The lowest BCUT2D eigenvalue weighted by atomic mass is 10.0. The van der Waals surface area contributed by atoms with Crippen molar-refractivity contribution in [2.45, 2.75) is 6.18 Å². The summed E-state index contributed by atoms with van der Waals surface area (Å²) in [5.74, 6) is -0.545. The van der Waals surface area contributed by atoms with Crippen molar-refractivity contribution in [3.63, 3.8) is 0 Å². The molecule has 3 heterocycles. The maximum Gasteiger partial charge on any atom is 0.416 e. The Morgan fingerprint density at radius 2 is 1.61 bits per heavy atom. The van der Waals surface area contributed by atoms with Gasteiger partial charge in [-0.2, -0.15) is 18.3 Å². The minimum absolute atomic E-state index is 0.0534. The van der Waals surface area contributed by atoms with Gasteiger partial charge in [-0.1, -0.05) is 36.4 Å². The average Bonchev–Trinajstić information content (AvgIpc) is 3.45. The third-order valence-corrected chi connectivity index (χ3v) is 5.89. The van der Waals surface area contributed by atoms with Crippen LogP contribution in [-0.2, 0) is 6.18 Å². The van der Waals surface area contributed by atoms with Gasteiger partial charge in [0.2, 0.25) is 0 Å². The van der Waals surface area contributed by atoms with Crippen molar-refractivity contribution < 1.29 is 17.6 Å². The molecule has 0 saturated carbocycles. The van der Waals surface area contributed by atoms with Crippen LogP contribution in [0.2, 0.25) is 0 Å². The molecule has 0 radical (unpaired) electrons. The summed E-state index contributed by atoms with van der Waals surface area (Å²) in [6.45, 7) is 0. The molecule has 178 valence electrons. The van der Waals surface area contributed by atoms with Crippen molar-refractivity contribution in [2.75, 3.05) is 0 Å². The zero-order valence-electron chi connectivity index (χ0n) is 18.3. The molecule has 0 amide bonds. The van der Waals surface area contributed by atoms with E-state index in [1.54, 1.807) is 10.7 Å². The summed E-state index contributed by atoms with van der Waals surface area (Å²) in [5.41, 5.74) is 0.295. The molecule has 3 aromatic heterocycles. The number of aromatic nitrogens is 5. The second-order valence-corrected chi connectivity index (χ2v) is 8.15. The predicted molar refractivity (Wildman–Crippen MR) is 127 cm³/mol. The van der Waals surface area contributed by atoms with Crippen LogP contribution < -0.4 is 5.56 Å². The average molecular weight is 489 g/mol. The van der Waals surface area contributed by atoms with Gasteiger partial charge in [-0.3, -0.25) is 9.89 Å². The number of rotatable bonds is 3. The van der Waals surface area contributed by atoms with Gasteiger partial charge in [0.1, 0.15) is 5.82 Å². The Morgan fingerprint density at radius 1 is 0.861 bits per heavy atom. The molecule has 6 rings (SSSR count). The molecular weight excluding hydrogens is 474 g/mol. The molecule has 0 fully saturated rings. The largest absolute Gasteiger partial charge is 0.416 e. The molecule has 6 nitrogen and oxygen atoms in total. The number of halogens is 4. The van der Waals surface area contributed by atoms with Gasteiger partial charge in [-0.15, -0.1) is 0 Å². The Hall–Kier alpha value is -4.73. The topological polar surface area (TPSA) is 68.5 Å². The number of H-pyrrole nitrogens is 1. The van der Waals surface area contributed by atoms with Crippen LogP contribution in [0.25, 0.3) is 44.6 Å². The Balaban J connectivity index is 1.72. The fraction of sp³-hybridized carbons (Fsp3) is 0.0385. The van der Waals surface area contributed by atoms with Gasteiger partial charge in [0.15, 0.2) is 5.65 Å². The van der Waals surface area contributed by atoms with Crippen molar-refractivity contribution in [1.29, 1.82) is 0 Å². The molecule has 3 aromatic carbocycles. The lowest BCUT2D eigenvalue weighted by Crippen LogP contribution is -2.15. The maximum absolute atomic E-state index is 13.9. The second kappa shape index (κ2) is 7.91. The SMILES string of the molecule is O=c1c2c(-c3cccc(C(F)(F)F)c3)nc3c(cnn3-c3ccccc3)c2[nH]n1-c1cccc(F)c1. The first-order chi connectivity index (χ1) is 17.3. The van der Waals surface area contributed by atoms with Gasteiger partial charge >= 0.3 is 6.18 Å². The van der Waals surface area contributed by atoms with E-state index in [1.807, 2.05) is 30.3 Å². The lowest BCUT2D eigenvalue weighted by Gasteiger charge is -2.10. The molecule has 0 spiro atoms. The van der Waals surface area contributed by atoms with Crippen LogP contribution in [0.5, 0.6) is 0 Å². The zero-order valence-corrected chi connectivity index (χ0v) is 18.3. The number of para-hydroxylation sites is 1. The number of hydrogen-bond acceptors (Lipinski definition) is 3. The van der Waals surface area contributed by atoms with E-state index in [0.29, 0.717) is 22.2 Å². The zero-order chi connectivity index (χ0) is 25.0. The van der Waals surface area contributed by atoms with Crippen LogP contribution in [0.1, 0.15) is 5.56 Å². The fourth-order valence-electron chi connectivity index (χ4n) is 4.25. The number of nitrogens with zero attached hydrogens (tertiary/aromatic N) is 4. The first-order valence-electron chi connectivity index (χ1n) is 10.8. The summed E-state index contributed by atoms with van der Waals surface area (Å²) >= 11 is 0. The number of alkyl halides is 3. The van der Waals surface area contributed by atoms with E-state index >= 15 is 0 Å². The van der Waals surface area contributed by atoms with Gasteiger partial charge in [0.05, 0.1) is 45.1 Å². The lowest BCUT2D eigenvalue weighted by molar-refractivity contribution is -0.137. The molecule has 36 heavy (non-hydrogen) atoms. The second-order valence-electron chi connectivity index (χ2n) is 8.15. The molecule has 0 bridgehead atoms. The van der Waals surface area contributed by atoms with E-state index in [4.69, 9.17) is 0 Å². The molecule has 0 aliphatic heterocycles. The molecule has 1 N–H and O–H groups in total. The highest BCUT2D eigenvalue weighted by Gasteiger charge is 2.31. The number of nitrogens with one attached hydrogen (secondary N) is 1. The molecule has 0 saturated heterocycles. The summed E-state index contributed by atoms with van der Waals surface area (Å²) in [7, 11) is 0. The van der Waals surface area contributed by atoms with Crippen LogP contribution >= 0.6 is 0 Å². The van der Waals surface area contributed by atoms with Gasteiger partial charge in [-0.25, -0.2) is 18.7 Å². The number of fused-ring (bicyclic) bond motifs is 3. The van der Waals surface area contributed by atoms with Gasteiger partial charge in [0.25, 0.3) is 5.56 Å². The van der Waals surface area contributed by atoms with E-state index in [9.17, 15) is 22.4 Å². The smallest absolute Gasteiger partial charge is 0.289 e.